The molecular formula is C26H29F5N8O4. The number of hydrogen-bond donors (Lipinski definition) is 3. The van der Waals surface area contributed by atoms with Crippen LogP contribution in [-0.4, -0.2) is 79.5 Å². The van der Waals surface area contributed by atoms with E-state index in [0.29, 0.717) is 16.9 Å². The van der Waals surface area contributed by atoms with Gasteiger partial charge < -0.3 is 25.3 Å². The second-order valence-electron chi connectivity index (χ2n) is 11.4. The van der Waals surface area contributed by atoms with Crippen LogP contribution in [0.5, 0.6) is 0 Å². The number of halogens is 5. The molecule has 0 unspecified atom stereocenters. The summed E-state index contributed by atoms with van der Waals surface area (Å²) in [5.41, 5.74) is 1.13. The van der Waals surface area contributed by atoms with E-state index in [0.717, 1.165) is 37.5 Å². The third kappa shape index (κ3) is 6.12. The Balaban J connectivity index is 1.31. The van der Waals surface area contributed by atoms with Gasteiger partial charge in [0, 0.05) is 5.92 Å². The molecule has 4 atom stereocenters. The summed E-state index contributed by atoms with van der Waals surface area (Å²) in [4.78, 5) is 38.9. The Morgan fingerprint density at radius 2 is 1.91 bits per heavy atom. The molecule has 12 nitrogen and oxygen atoms in total. The number of aromatic nitrogens is 5. The number of ether oxygens (including phenoxy) is 1. The molecule has 6 rings (SSSR count). The fourth-order valence-electron chi connectivity index (χ4n) is 5.29. The number of imidazole rings is 1. The van der Waals surface area contributed by atoms with Gasteiger partial charge in [-0.25, -0.2) is 28.2 Å². The van der Waals surface area contributed by atoms with Gasteiger partial charge in [-0.1, -0.05) is 5.16 Å². The van der Waals surface area contributed by atoms with Gasteiger partial charge in [0.15, 0.2) is 17.4 Å². The van der Waals surface area contributed by atoms with Crippen LogP contribution < -0.4 is 10.6 Å². The number of H-pyrrole nitrogens is 1. The molecule has 0 aromatic carbocycles. The van der Waals surface area contributed by atoms with Crippen LogP contribution in [0, 0.1) is 5.92 Å². The Labute approximate surface area is 241 Å². The average Bonchev–Trinajstić information content (AvgIpc) is 3.87. The first kappa shape index (κ1) is 29.2. The third-order valence-electron chi connectivity index (χ3n) is 7.88. The molecular weight excluding hydrogens is 583 g/mol. The molecule has 3 N–H and O–H groups in total. The highest BCUT2D eigenvalue weighted by Gasteiger charge is 2.47. The molecule has 3 aliphatic rings. The van der Waals surface area contributed by atoms with Gasteiger partial charge in [0.2, 0.25) is 0 Å². The van der Waals surface area contributed by atoms with Crippen molar-refractivity contribution in [3.63, 3.8) is 0 Å². The SMILES string of the molecule is C[C@@H](O[C@H](C)C(F)(F)F)[C@H](NC(=O)c1nonc1C1CC1)c1nc2nc([C@@H](C3CC3)N3CC(F)(F)CNC3=O)ccc2[nH]1. The van der Waals surface area contributed by atoms with Crippen molar-refractivity contribution < 1.29 is 40.9 Å². The lowest BCUT2D eigenvalue weighted by molar-refractivity contribution is -0.227. The van der Waals surface area contributed by atoms with Crippen LogP contribution in [0.4, 0.5) is 26.7 Å². The second-order valence-corrected chi connectivity index (χ2v) is 11.4. The zero-order chi connectivity index (χ0) is 30.7. The summed E-state index contributed by atoms with van der Waals surface area (Å²) in [6.45, 7) is 0.709. The quantitative estimate of drug-likeness (QED) is 0.289. The summed E-state index contributed by atoms with van der Waals surface area (Å²) in [6.07, 6.45) is -4.98. The Kier molecular flexibility index (Phi) is 7.25. The van der Waals surface area contributed by atoms with Crippen molar-refractivity contribution in [1.82, 2.24) is 40.8 Å². The average molecular weight is 613 g/mol. The molecule has 0 spiro atoms. The van der Waals surface area contributed by atoms with E-state index in [-0.39, 0.29) is 29.0 Å². The molecule has 232 valence electrons. The predicted octanol–water partition coefficient (Wildman–Crippen LogP) is 4.16. The fourth-order valence-corrected chi connectivity index (χ4v) is 5.29. The summed E-state index contributed by atoms with van der Waals surface area (Å²) < 4.78 is 78.5. The zero-order valence-electron chi connectivity index (χ0n) is 23.1. The van der Waals surface area contributed by atoms with E-state index in [1.54, 1.807) is 12.1 Å². The van der Waals surface area contributed by atoms with Crippen LogP contribution in [0.15, 0.2) is 16.8 Å². The van der Waals surface area contributed by atoms with Crippen LogP contribution in [0.1, 0.15) is 85.2 Å². The monoisotopic (exact) mass is 612 g/mol. The third-order valence-corrected chi connectivity index (χ3v) is 7.88. The number of carbonyl (C=O) groups excluding carboxylic acids is 2. The molecule has 1 saturated heterocycles. The molecule has 3 aromatic heterocycles. The number of rotatable bonds is 10. The van der Waals surface area contributed by atoms with Gasteiger partial charge in [0.25, 0.3) is 11.8 Å². The number of alkyl halides is 5. The Morgan fingerprint density at radius 3 is 2.58 bits per heavy atom. The van der Waals surface area contributed by atoms with Crippen molar-refractivity contribution in [2.45, 2.75) is 81.8 Å². The van der Waals surface area contributed by atoms with Gasteiger partial charge in [-0.05, 0) is 62.7 Å². The Hall–Kier alpha value is -3.89. The number of urea groups is 1. The number of aromatic amines is 1. The summed E-state index contributed by atoms with van der Waals surface area (Å²) in [5.74, 6) is -3.85. The summed E-state index contributed by atoms with van der Waals surface area (Å²) in [6, 6.07) is 0.633. The van der Waals surface area contributed by atoms with E-state index >= 15 is 0 Å². The first-order valence-electron chi connectivity index (χ1n) is 13.9. The number of nitrogens with zero attached hydrogens (tertiary/aromatic N) is 5. The van der Waals surface area contributed by atoms with Crippen molar-refractivity contribution in [2.75, 3.05) is 13.1 Å². The van der Waals surface area contributed by atoms with E-state index in [1.165, 1.54) is 6.92 Å². The van der Waals surface area contributed by atoms with Gasteiger partial charge in [0.1, 0.15) is 17.6 Å². The molecule has 3 fully saturated rings. The number of carbonyl (C=O) groups is 2. The van der Waals surface area contributed by atoms with Crippen molar-refractivity contribution in [1.29, 1.82) is 0 Å². The summed E-state index contributed by atoms with van der Waals surface area (Å²) >= 11 is 0. The zero-order valence-corrected chi connectivity index (χ0v) is 23.1. The molecule has 0 bridgehead atoms. The largest absolute Gasteiger partial charge is 0.414 e. The van der Waals surface area contributed by atoms with Gasteiger partial charge in [0.05, 0.1) is 36.4 Å². The number of hydrogen-bond acceptors (Lipinski definition) is 8. The van der Waals surface area contributed by atoms with E-state index < -0.39 is 61.4 Å². The Morgan fingerprint density at radius 1 is 1.16 bits per heavy atom. The maximum absolute atomic E-state index is 14.2. The molecule has 17 heteroatoms. The minimum atomic E-state index is -4.66. The van der Waals surface area contributed by atoms with E-state index in [4.69, 9.17) is 9.37 Å². The van der Waals surface area contributed by atoms with Crippen LogP contribution in [0.3, 0.4) is 0 Å². The minimum Gasteiger partial charge on any atom is -0.364 e. The predicted molar refractivity (Wildman–Crippen MR) is 137 cm³/mol. The summed E-state index contributed by atoms with van der Waals surface area (Å²) in [7, 11) is 0. The highest BCUT2D eigenvalue weighted by atomic mass is 19.4. The maximum atomic E-state index is 14.2. The molecule has 1 aliphatic heterocycles. The lowest BCUT2D eigenvalue weighted by Gasteiger charge is -2.38. The van der Waals surface area contributed by atoms with E-state index in [9.17, 15) is 31.5 Å². The lowest BCUT2D eigenvalue weighted by atomic mass is 10.0. The van der Waals surface area contributed by atoms with Crippen LogP contribution >= 0.6 is 0 Å². The molecule has 3 amide bonds. The Bertz CT molecular complexity index is 1520. The number of fused-ring (bicyclic) bond motifs is 1. The normalized spacial score (nSPS) is 21.7. The smallest absolute Gasteiger partial charge is 0.364 e. The molecule has 2 saturated carbocycles. The summed E-state index contributed by atoms with van der Waals surface area (Å²) in [5, 5.41) is 12.4. The number of amides is 3. The van der Waals surface area contributed by atoms with E-state index in [1.807, 2.05) is 0 Å². The number of pyridine rings is 1. The molecule has 43 heavy (non-hydrogen) atoms. The van der Waals surface area contributed by atoms with Crippen molar-refractivity contribution >= 4 is 23.1 Å². The first-order chi connectivity index (χ1) is 20.3. The fraction of sp³-hybridized carbons (Fsp3) is 0.615. The standard InChI is InChI=1S/C26H29F5N8O4/c1-11(42-12(2)26(29,30)31)17(35-23(40)19-18(13-3-4-13)37-43-38-19)22-34-16-8-7-15(33-21(16)36-22)20(14-5-6-14)39-10-25(27,28)9-32-24(39)41/h7-8,11-14,17,20H,3-6,9-10H2,1-2H3,(H,32,41)(H,35,40)(H,33,34,36)/t11-,12-,17+,20-/m1/s1. The lowest BCUT2D eigenvalue weighted by Crippen LogP contribution is -2.58. The van der Waals surface area contributed by atoms with Crippen molar-refractivity contribution in [3.05, 3.63) is 35.0 Å². The highest BCUT2D eigenvalue weighted by molar-refractivity contribution is 5.93. The molecule has 0 radical (unpaired) electrons. The van der Waals surface area contributed by atoms with Crippen molar-refractivity contribution in [2.24, 2.45) is 5.92 Å². The molecule has 2 aliphatic carbocycles. The topological polar surface area (TPSA) is 151 Å². The van der Waals surface area contributed by atoms with Gasteiger partial charge in [-0.2, -0.15) is 13.2 Å². The van der Waals surface area contributed by atoms with Gasteiger partial charge in [-0.3, -0.25) is 4.79 Å². The van der Waals surface area contributed by atoms with Crippen LogP contribution in [0.2, 0.25) is 0 Å². The molecule has 3 aromatic rings. The van der Waals surface area contributed by atoms with Crippen LogP contribution in [-0.2, 0) is 4.74 Å². The van der Waals surface area contributed by atoms with Crippen molar-refractivity contribution in [3.8, 4) is 0 Å². The first-order valence-corrected chi connectivity index (χ1v) is 13.9. The number of nitrogens with one attached hydrogen (secondary N) is 3. The minimum absolute atomic E-state index is 0.0135. The second kappa shape index (κ2) is 10.7. The molecule has 4 heterocycles. The van der Waals surface area contributed by atoms with Crippen LogP contribution in [0.25, 0.3) is 11.2 Å². The van der Waals surface area contributed by atoms with E-state index in [2.05, 4.69) is 35.9 Å². The highest BCUT2D eigenvalue weighted by Crippen LogP contribution is 2.45. The van der Waals surface area contributed by atoms with Gasteiger partial charge >= 0.3 is 12.2 Å². The van der Waals surface area contributed by atoms with Gasteiger partial charge in [-0.15, -0.1) is 0 Å². The maximum Gasteiger partial charge on any atom is 0.414 e.